The van der Waals surface area contributed by atoms with Gasteiger partial charge in [0.2, 0.25) is 5.91 Å². The summed E-state index contributed by atoms with van der Waals surface area (Å²) in [7, 11) is 0. The molecule has 0 aliphatic carbocycles. The third-order valence-electron chi connectivity index (χ3n) is 3.22. The van der Waals surface area contributed by atoms with E-state index < -0.39 is 11.7 Å². The average Bonchev–Trinajstić information content (AvgIpc) is 2.48. The van der Waals surface area contributed by atoms with E-state index in [0.29, 0.717) is 5.69 Å². The van der Waals surface area contributed by atoms with Gasteiger partial charge in [-0.25, -0.2) is 4.39 Å². The second-order valence-electron chi connectivity index (χ2n) is 5.71. The summed E-state index contributed by atoms with van der Waals surface area (Å²) in [6.07, 6.45) is 0.249. The minimum absolute atomic E-state index is 0.0760. The quantitative estimate of drug-likeness (QED) is 0.789. The molecule has 0 bridgehead atoms. The predicted octanol–water partition coefficient (Wildman–Crippen LogP) is 2.85. The first-order valence-electron chi connectivity index (χ1n) is 7.53. The monoisotopic (exact) mass is 330 g/mol. The maximum atomic E-state index is 13.7. The average molecular weight is 330 g/mol. The Hall–Kier alpha value is -2.89. The summed E-state index contributed by atoms with van der Waals surface area (Å²) in [6.45, 7) is 3.78. The molecule has 0 radical (unpaired) electrons. The summed E-state index contributed by atoms with van der Waals surface area (Å²) >= 11 is 0. The molecule has 0 fully saturated rings. The molecule has 0 saturated heterocycles. The number of carbonyl (C=O) groups excluding carboxylic acids is 2. The highest BCUT2D eigenvalue weighted by atomic mass is 19.1. The van der Waals surface area contributed by atoms with Crippen LogP contribution in [-0.4, -0.2) is 23.0 Å². The van der Waals surface area contributed by atoms with Crippen molar-refractivity contribution in [2.24, 2.45) is 0 Å². The molecule has 2 amide bonds. The van der Waals surface area contributed by atoms with Crippen LogP contribution in [0.5, 0.6) is 5.75 Å². The van der Waals surface area contributed by atoms with Crippen LogP contribution in [0.2, 0.25) is 0 Å². The first-order chi connectivity index (χ1) is 11.3. The number of phenols is 1. The van der Waals surface area contributed by atoms with Gasteiger partial charge in [-0.1, -0.05) is 12.1 Å². The Balaban J connectivity index is 2.01. The Morgan fingerprint density at radius 1 is 1.12 bits per heavy atom. The number of phenolic OH excluding ortho intramolecular Hbond substituents is 1. The van der Waals surface area contributed by atoms with Crippen LogP contribution in [0.25, 0.3) is 0 Å². The van der Waals surface area contributed by atoms with Gasteiger partial charge in [0.05, 0.1) is 12.0 Å². The molecule has 0 aliphatic heterocycles. The van der Waals surface area contributed by atoms with Gasteiger partial charge in [0.15, 0.2) is 0 Å². The van der Waals surface area contributed by atoms with Crippen molar-refractivity contribution in [2.45, 2.75) is 26.3 Å². The zero-order valence-corrected chi connectivity index (χ0v) is 13.5. The van der Waals surface area contributed by atoms with E-state index in [2.05, 4.69) is 10.6 Å². The Labute approximate surface area is 139 Å². The summed E-state index contributed by atoms with van der Waals surface area (Å²) in [5.41, 5.74) is 1.13. The van der Waals surface area contributed by atoms with Gasteiger partial charge in [-0.15, -0.1) is 0 Å². The Bertz CT molecular complexity index is 742. The van der Waals surface area contributed by atoms with Crippen molar-refractivity contribution in [1.29, 1.82) is 0 Å². The molecule has 0 aliphatic rings. The van der Waals surface area contributed by atoms with Gasteiger partial charge in [0.25, 0.3) is 5.91 Å². The molecule has 0 aromatic heterocycles. The molecule has 0 heterocycles. The second kappa shape index (κ2) is 7.59. The molecule has 24 heavy (non-hydrogen) atoms. The molecule has 0 spiro atoms. The lowest BCUT2D eigenvalue weighted by atomic mass is 10.1. The van der Waals surface area contributed by atoms with Crippen molar-refractivity contribution in [3.05, 3.63) is 59.4 Å². The van der Waals surface area contributed by atoms with Crippen LogP contribution in [0.15, 0.2) is 42.5 Å². The standard InChI is InChI=1S/C18H19FN2O3/c1-11(2)20-17(23)9-12-3-5-13(6-4-12)21-18(24)15-8-7-14(22)10-16(15)19/h3-8,10-11,22H,9H2,1-2H3,(H,20,23)(H,21,24). The number of hydrogen-bond donors (Lipinski definition) is 3. The number of anilines is 1. The van der Waals surface area contributed by atoms with E-state index >= 15 is 0 Å². The van der Waals surface area contributed by atoms with E-state index in [4.69, 9.17) is 5.11 Å². The number of amides is 2. The normalized spacial score (nSPS) is 10.5. The number of nitrogens with one attached hydrogen (secondary N) is 2. The minimum Gasteiger partial charge on any atom is -0.508 e. The smallest absolute Gasteiger partial charge is 0.258 e. The minimum atomic E-state index is -0.797. The maximum Gasteiger partial charge on any atom is 0.258 e. The van der Waals surface area contributed by atoms with E-state index in [-0.39, 0.29) is 29.7 Å². The Morgan fingerprint density at radius 2 is 1.79 bits per heavy atom. The molecule has 5 nitrogen and oxygen atoms in total. The maximum absolute atomic E-state index is 13.7. The Kier molecular flexibility index (Phi) is 5.52. The van der Waals surface area contributed by atoms with Crippen LogP contribution in [-0.2, 0) is 11.2 Å². The highest BCUT2D eigenvalue weighted by molar-refractivity contribution is 6.04. The van der Waals surface area contributed by atoms with Crippen LogP contribution >= 0.6 is 0 Å². The number of carbonyl (C=O) groups is 2. The molecule has 6 heteroatoms. The van der Waals surface area contributed by atoms with Crippen LogP contribution in [0.1, 0.15) is 29.8 Å². The van der Waals surface area contributed by atoms with E-state index in [1.165, 1.54) is 12.1 Å². The van der Waals surface area contributed by atoms with Crippen molar-refractivity contribution in [1.82, 2.24) is 5.32 Å². The highest BCUT2D eigenvalue weighted by Crippen LogP contribution is 2.17. The first-order valence-corrected chi connectivity index (χ1v) is 7.53. The SMILES string of the molecule is CC(C)NC(=O)Cc1ccc(NC(=O)c2ccc(O)cc2F)cc1. The van der Waals surface area contributed by atoms with Gasteiger partial charge in [0, 0.05) is 17.8 Å². The molecule has 0 atom stereocenters. The van der Waals surface area contributed by atoms with Crippen LogP contribution in [0, 0.1) is 5.82 Å². The number of hydrogen-bond acceptors (Lipinski definition) is 3. The molecular weight excluding hydrogens is 311 g/mol. The third kappa shape index (κ3) is 4.81. The lowest BCUT2D eigenvalue weighted by Crippen LogP contribution is -2.31. The van der Waals surface area contributed by atoms with Gasteiger partial charge >= 0.3 is 0 Å². The van der Waals surface area contributed by atoms with Crippen LogP contribution < -0.4 is 10.6 Å². The Morgan fingerprint density at radius 3 is 2.38 bits per heavy atom. The van der Waals surface area contributed by atoms with Gasteiger partial charge in [-0.2, -0.15) is 0 Å². The topological polar surface area (TPSA) is 78.4 Å². The third-order valence-corrected chi connectivity index (χ3v) is 3.22. The molecule has 2 rings (SSSR count). The molecular formula is C18H19FN2O3. The fourth-order valence-electron chi connectivity index (χ4n) is 2.15. The molecule has 2 aromatic rings. The predicted molar refractivity (Wildman–Crippen MR) is 89.4 cm³/mol. The van der Waals surface area contributed by atoms with Crippen molar-refractivity contribution in [3.8, 4) is 5.75 Å². The van der Waals surface area contributed by atoms with Gasteiger partial charge in [-0.3, -0.25) is 9.59 Å². The number of aromatic hydroxyl groups is 1. The second-order valence-corrected chi connectivity index (χ2v) is 5.71. The largest absolute Gasteiger partial charge is 0.508 e. The summed E-state index contributed by atoms with van der Waals surface area (Å²) in [5.74, 6) is -1.73. The van der Waals surface area contributed by atoms with Crippen LogP contribution in [0.4, 0.5) is 10.1 Å². The van der Waals surface area contributed by atoms with Crippen LogP contribution in [0.3, 0.4) is 0 Å². The summed E-state index contributed by atoms with van der Waals surface area (Å²) < 4.78 is 13.7. The first kappa shape index (κ1) is 17.5. The molecule has 0 saturated carbocycles. The molecule has 2 aromatic carbocycles. The lowest BCUT2D eigenvalue weighted by Gasteiger charge is -2.09. The van der Waals surface area contributed by atoms with Gasteiger partial charge in [0.1, 0.15) is 11.6 Å². The van der Waals surface area contributed by atoms with E-state index in [1.54, 1.807) is 24.3 Å². The molecule has 0 unspecified atom stereocenters. The fraction of sp³-hybridized carbons (Fsp3) is 0.222. The summed E-state index contributed by atoms with van der Waals surface area (Å²) in [4.78, 5) is 23.7. The fourth-order valence-corrected chi connectivity index (χ4v) is 2.15. The highest BCUT2D eigenvalue weighted by Gasteiger charge is 2.12. The zero-order valence-electron chi connectivity index (χ0n) is 13.5. The number of rotatable bonds is 5. The van der Waals surface area contributed by atoms with Crippen molar-refractivity contribution in [2.75, 3.05) is 5.32 Å². The van der Waals surface area contributed by atoms with Crippen molar-refractivity contribution < 1.29 is 19.1 Å². The van der Waals surface area contributed by atoms with E-state index in [0.717, 1.165) is 11.6 Å². The van der Waals surface area contributed by atoms with Gasteiger partial charge in [-0.05, 0) is 43.7 Å². The number of benzene rings is 2. The lowest BCUT2D eigenvalue weighted by molar-refractivity contribution is -0.120. The van der Waals surface area contributed by atoms with Crippen molar-refractivity contribution in [3.63, 3.8) is 0 Å². The van der Waals surface area contributed by atoms with Gasteiger partial charge < -0.3 is 15.7 Å². The summed E-state index contributed by atoms with van der Waals surface area (Å²) in [5, 5.41) is 14.5. The zero-order chi connectivity index (χ0) is 17.7. The van der Waals surface area contributed by atoms with E-state index in [1.807, 2.05) is 13.8 Å². The molecule has 3 N–H and O–H groups in total. The number of halogens is 1. The molecule has 126 valence electrons. The van der Waals surface area contributed by atoms with E-state index in [9.17, 15) is 14.0 Å². The van der Waals surface area contributed by atoms with Crippen molar-refractivity contribution >= 4 is 17.5 Å². The summed E-state index contributed by atoms with van der Waals surface area (Å²) in [6, 6.07) is 10.2.